The van der Waals surface area contributed by atoms with E-state index in [1.165, 1.54) is 0 Å². The number of carbonyl (C=O) groups excluding carboxylic acids is 1. The fourth-order valence-electron chi connectivity index (χ4n) is 3.24. The van der Waals surface area contributed by atoms with E-state index < -0.39 is 40.4 Å². The Hall–Kier alpha value is -2.95. The molecule has 0 bridgehead atoms. The standard InChI is InChI=1S/C21H23N3O7S/c1-32(26,27)31-20-19(29-13-16-10-6-3-7-11-16)18(30-21(20)25)17(23-24-22)14-28-12-15-8-4-2-5-9-15/h2-11,17-20H,12-14H2,1H3/t17-,18+,19+,20-/m0/s1. The lowest BCUT2D eigenvalue weighted by atomic mass is 10.0. The van der Waals surface area contributed by atoms with Gasteiger partial charge in [0.05, 0.1) is 26.1 Å². The Labute approximate surface area is 185 Å². The molecular formula is C21H23N3O7S. The molecule has 11 heteroatoms. The number of azide groups is 1. The highest BCUT2D eigenvalue weighted by Crippen LogP contribution is 2.28. The Kier molecular flexibility index (Phi) is 8.20. The SMILES string of the molecule is CS(=O)(=O)O[C@@H]1C(=O)O[C@H]([C@H](COCc2ccccc2)N=[N+]=[N-])[C@H]1OCc1ccccc1. The molecule has 0 spiro atoms. The molecule has 10 nitrogen and oxygen atoms in total. The molecule has 1 aliphatic rings. The Balaban J connectivity index is 1.76. The summed E-state index contributed by atoms with van der Waals surface area (Å²) in [6, 6.07) is 17.5. The molecule has 1 heterocycles. The molecule has 0 aliphatic carbocycles. The zero-order chi connectivity index (χ0) is 23.0. The van der Waals surface area contributed by atoms with Crippen molar-refractivity contribution in [3.05, 3.63) is 82.2 Å². The summed E-state index contributed by atoms with van der Waals surface area (Å²) < 4.78 is 45.2. The van der Waals surface area contributed by atoms with Gasteiger partial charge in [-0.3, -0.25) is 4.18 Å². The van der Waals surface area contributed by atoms with Crippen LogP contribution < -0.4 is 0 Å². The highest BCUT2D eigenvalue weighted by molar-refractivity contribution is 7.86. The van der Waals surface area contributed by atoms with Gasteiger partial charge in [-0.1, -0.05) is 65.8 Å². The third-order valence-corrected chi connectivity index (χ3v) is 5.21. The topological polar surface area (TPSA) is 137 Å². The highest BCUT2D eigenvalue weighted by Gasteiger charge is 2.51. The van der Waals surface area contributed by atoms with Gasteiger partial charge < -0.3 is 14.2 Å². The van der Waals surface area contributed by atoms with Gasteiger partial charge in [-0.05, 0) is 16.7 Å². The van der Waals surface area contributed by atoms with Crippen molar-refractivity contribution < 1.29 is 31.6 Å². The van der Waals surface area contributed by atoms with Gasteiger partial charge in [-0.15, -0.1) is 0 Å². The second-order valence-corrected chi connectivity index (χ2v) is 8.76. The second-order valence-electron chi connectivity index (χ2n) is 7.16. The molecule has 3 rings (SSSR count). The van der Waals surface area contributed by atoms with E-state index in [9.17, 15) is 13.2 Å². The van der Waals surface area contributed by atoms with E-state index in [-0.39, 0.29) is 19.8 Å². The van der Waals surface area contributed by atoms with Crippen molar-refractivity contribution >= 4 is 16.1 Å². The normalized spacial score (nSPS) is 21.5. The van der Waals surface area contributed by atoms with Crippen molar-refractivity contribution in [1.29, 1.82) is 0 Å². The smallest absolute Gasteiger partial charge is 0.340 e. The quantitative estimate of drug-likeness (QED) is 0.165. The van der Waals surface area contributed by atoms with Crippen molar-refractivity contribution in [1.82, 2.24) is 0 Å². The van der Waals surface area contributed by atoms with Gasteiger partial charge in [0.25, 0.3) is 10.1 Å². The Morgan fingerprint density at radius 1 is 1.06 bits per heavy atom. The Bertz CT molecular complexity index is 1040. The number of ether oxygens (including phenoxy) is 3. The Morgan fingerprint density at radius 2 is 1.66 bits per heavy atom. The van der Waals surface area contributed by atoms with Crippen molar-refractivity contribution in [3.8, 4) is 0 Å². The summed E-state index contributed by atoms with van der Waals surface area (Å²) in [6.07, 6.45) is -2.92. The van der Waals surface area contributed by atoms with E-state index in [0.717, 1.165) is 17.4 Å². The van der Waals surface area contributed by atoms with E-state index in [0.29, 0.717) is 0 Å². The summed E-state index contributed by atoms with van der Waals surface area (Å²) in [6.45, 7) is 0.238. The molecule has 1 saturated heterocycles. The summed E-state index contributed by atoms with van der Waals surface area (Å²) in [5.74, 6) is -0.917. The van der Waals surface area contributed by atoms with E-state index in [1.54, 1.807) is 0 Å². The van der Waals surface area contributed by atoms with Crippen LogP contribution in [0.2, 0.25) is 0 Å². The van der Waals surface area contributed by atoms with Crippen LogP contribution in [-0.4, -0.2) is 51.6 Å². The first-order chi connectivity index (χ1) is 15.4. The first kappa shape index (κ1) is 23.7. The van der Waals surface area contributed by atoms with Crippen LogP contribution in [0.3, 0.4) is 0 Å². The van der Waals surface area contributed by atoms with Gasteiger partial charge >= 0.3 is 5.97 Å². The van der Waals surface area contributed by atoms with Crippen molar-refractivity contribution in [2.24, 2.45) is 5.11 Å². The third kappa shape index (κ3) is 6.78. The summed E-state index contributed by atoms with van der Waals surface area (Å²) in [5.41, 5.74) is 10.7. The van der Waals surface area contributed by atoms with Gasteiger partial charge in [-0.2, -0.15) is 8.42 Å². The maximum atomic E-state index is 12.4. The lowest BCUT2D eigenvalue weighted by Gasteiger charge is -2.25. The second kappa shape index (κ2) is 11.1. The van der Waals surface area contributed by atoms with Crippen LogP contribution >= 0.6 is 0 Å². The maximum Gasteiger partial charge on any atom is 0.340 e. The van der Waals surface area contributed by atoms with Gasteiger partial charge in [0, 0.05) is 4.91 Å². The number of hydrogen-bond acceptors (Lipinski definition) is 8. The lowest BCUT2D eigenvalue weighted by molar-refractivity contribution is -0.147. The van der Waals surface area contributed by atoms with Crippen molar-refractivity contribution in [3.63, 3.8) is 0 Å². The number of rotatable bonds is 11. The van der Waals surface area contributed by atoms with Gasteiger partial charge in [0.1, 0.15) is 18.2 Å². The lowest BCUT2D eigenvalue weighted by Crippen LogP contribution is -2.43. The van der Waals surface area contributed by atoms with Crippen LogP contribution in [0, 0.1) is 0 Å². The molecule has 0 N–H and O–H groups in total. The van der Waals surface area contributed by atoms with Crippen molar-refractivity contribution in [2.45, 2.75) is 37.6 Å². The molecule has 32 heavy (non-hydrogen) atoms. The van der Waals surface area contributed by atoms with Crippen molar-refractivity contribution in [2.75, 3.05) is 12.9 Å². The molecule has 0 aromatic heterocycles. The first-order valence-corrected chi connectivity index (χ1v) is 11.6. The third-order valence-electron chi connectivity index (χ3n) is 4.65. The fourth-order valence-corrected chi connectivity index (χ4v) is 3.80. The molecule has 2 aromatic carbocycles. The molecule has 2 aromatic rings. The fraction of sp³-hybridized carbons (Fsp3) is 0.381. The predicted octanol–water partition coefficient (Wildman–Crippen LogP) is 2.74. The van der Waals surface area contributed by atoms with E-state index in [2.05, 4.69) is 10.0 Å². The average Bonchev–Trinajstić information content (AvgIpc) is 3.07. The number of benzene rings is 2. The van der Waals surface area contributed by atoms with Crippen LogP contribution in [0.25, 0.3) is 10.4 Å². The van der Waals surface area contributed by atoms with Crippen LogP contribution in [0.15, 0.2) is 65.8 Å². The molecule has 0 amide bonds. The monoisotopic (exact) mass is 461 g/mol. The highest BCUT2D eigenvalue weighted by atomic mass is 32.2. The number of hydrogen-bond donors (Lipinski definition) is 0. The molecule has 170 valence electrons. The first-order valence-electron chi connectivity index (χ1n) is 9.77. The molecular weight excluding hydrogens is 438 g/mol. The number of carbonyl (C=O) groups is 1. The summed E-state index contributed by atoms with van der Waals surface area (Å²) >= 11 is 0. The predicted molar refractivity (Wildman–Crippen MR) is 114 cm³/mol. The number of nitrogens with zero attached hydrogens (tertiary/aromatic N) is 3. The average molecular weight is 461 g/mol. The van der Waals surface area contributed by atoms with Crippen LogP contribution in [0.5, 0.6) is 0 Å². The van der Waals surface area contributed by atoms with Gasteiger partial charge in [-0.25, -0.2) is 4.79 Å². The molecule has 1 aliphatic heterocycles. The van der Waals surface area contributed by atoms with E-state index in [1.807, 2.05) is 60.7 Å². The van der Waals surface area contributed by atoms with E-state index in [4.69, 9.17) is 23.9 Å². The maximum absolute atomic E-state index is 12.4. The molecule has 0 saturated carbocycles. The zero-order valence-corrected chi connectivity index (χ0v) is 18.1. The summed E-state index contributed by atoms with van der Waals surface area (Å²) in [7, 11) is -3.99. The molecule has 4 atom stereocenters. The molecule has 1 fully saturated rings. The summed E-state index contributed by atoms with van der Waals surface area (Å²) in [5, 5.41) is 3.70. The van der Waals surface area contributed by atoms with Gasteiger partial charge in [0.2, 0.25) is 6.10 Å². The van der Waals surface area contributed by atoms with Crippen LogP contribution in [-0.2, 0) is 46.5 Å². The van der Waals surface area contributed by atoms with Crippen LogP contribution in [0.4, 0.5) is 0 Å². The Morgan fingerprint density at radius 3 is 2.22 bits per heavy atom. The summed E-state index contributed by atoms with van der Waals surface area (Å²) in [4.78, 5) is 15.2. The zero-order valence-electron chi connectivity index (χ0n) is 17.3. The largest absolute Gasteiger partial charge is 0.457 e. The van der Waals surface area contributed by atoms with E-state index >= 15 is 0 Å². The minimum atomic E-state index is -3.99. The minimum absolute atomic E-state index is 0.0656. The minimum Gasteiger partial charge on any atom is -0.457 e. The molecule has 0 radical (unpaired) electrons. The van der Waals surface area contributed by atoms with Crippen LogP contribution in [0.1, 0.15) is 11.1 Å². The molecule has 0 unspecified atom stereocenters. The number of esters is 1. The number of cyclic esters (lactones) is 1. The van der Waals surface area contributed by atoms with Gasteiger partial charge in [0.15, 0.2) is 0 Å².